The monoisotopic (exact) mass is 389 g/mol. The van der Waals surface area contributed by atoms with E-state index in [9.17, 15) is 4.55 Å². The molecule has 5 heteroatoms. The van der Waals surface area contributed by atoms with E-state index in [1.54, 1.807) is 0 Å². The molecule has 0 amide bonds. The summed E-state index contributed by atoms with van der Waals surface area (Å²) >= 11 is 8.71. The van der Waals surface area contributed by atoms with Crippen LogP contribution in [0.3, 0.4) is 0 Å². The molecule has 0 spiro atoms. The third-order valence-electron chi connectivity index (χ3n) is 3.46. The van der Waals surface area contributed by atoms with Gasteiger partial charge in [0, 0.05) is 20.9 Å². The molecule has 116 valence electrons. The van der Waals surface area contributed by atoms with Crippen LogP contribution >= 0.6 is 27.5 Å². The van der Waals surface area contributed by atoms with Gasteiger partial charge in [0.2, 0.25) is 0 Å². The first kappa shape index (κ1) is 17.4. The number of halogens is 2. The number of rotatable bonds is 2. The van der Waals surface area contributed by atoms with E-state index >= 15 is 0 Å². The van der Waals surface area contributed by atoms with Crippen LogP contribution in [0.5, 0.6) is 0 Å². The van der Waals surface area contributed by atoms with Crippen LogP contribution in [0.25, 0.3) is 0 Å². The largest absolute Gasteiger partial charge is 0.597 e. The maximum Gasteiger partial charge on any atom is 0.137 e. The van der Waals surface area contributed by atoms with E-state index in [1.807, 2.05) is 39.0 Å². The van der Waals surface area contributed by atoms with Gasteiger partial charge in [0.1, 0.15) is 4.75 Å². The fourth-order valence-electron chi connectivity index (χ4n) is 2.44. The zero-order valence-electron chi connectivity index (χ0n) is 12.6. The lowest BCUT2D eigenvalue weighted by Gasteiger charge is -2.36. The Morgan fingerprint density at radius 1 is 1.33 bits per heavy atom. The highest BCUT2D eigenvalue weighted by atomic mass is 79.9. The molecule has 0 aromatic heterocycles. The first-order chi connectivity index (χ1) is 9.80. The van der Waals surface area contributed by atoms with Crippen molar-refractivity contribution >= 4 is 38.9 Å². The molecule has 0 fully saturated rings. The summed E-state index contributed by atoms with van der Waals surface area (Å²) < 4.78 is 15.7. The molecular weight excluding hydrogens is 370 g/mol. The molecule has 1 aliphatic heterocycles. The molecule has 0 saturated carbocycles. The first-order valence-electron chi connectivity index (χ1n) is 7.09. The Bertz CT molecular complexity index is 529. The second-order valence-electron chi connectivity index (χ2n) is 6.19. The van der Waals surface area contributed by atoms with Crippen molar-refractivity contribution in [1.82, 2.24) is 4.31 Å². The number of hydrogen-bond acceptors (Lipinski definition) is 2. The fraction of sp³-hybridized carbons (Fsp3) is 0.500. The van der Waals surface area contributed by atoms with Crippen LogP contribution in [0.4, 0.5) is 0 Å². The van der Waals surface area contributed by atoms with Gasteiger partial charge in [-0.25, -0.2) is 0 Å². The molecule has 1 unspecified atom stereocenters. The Morgan fingerprint density at radius 3 is 2.71 bits per heavy atom. The van der Waals surface area contributed by atoms with E-state index in [-0.39, 0.29) is 10.8 Å². The minimum Gasteiger partial charge on any atom is -0.597 e. The average Bonchev–Trinajstić information content (AvgIpc) is 2.65. The molecule has 0 N–H and O–H groups in total. The second-order valence-corrected chi connectivity index (χ2v) is 9.67. The minimum atomic E-state index is -1.06. The van der Waals surface area contributed by atoms with Gasteiger partial charge < -0.3 is 4.55 Å². The van der Waals surface area contributed by atoms with Gasteiger partial charge in [-0.1, -0.05) is 39.7 Å². The van der Waals surface area contributed by atoms with Gasteiger partial charge in [0.05, 0.1) is 12.6 Å². The topological polar surface area (TPSA) is 26.3 Å². The molecule has 2 nitrogen and oxygen atoms in total. The molecule has 21 heavy (non-hydrogen) atoms. The van der Waals surface area contributed by atoms with E-state index in [2.05, 4.69) is 32.4 Å². The summed E-state index contributed by atoms with van der Waals surface area (Å²) in [6.45, 7) is 6.75. The summed E-state index contributed by atoms with van der Waals surface area (Å²) in [6.07, 6.45) is 6.21. The second kappa shape index (κ2) is 7.05. The lowest BCUT2D eigenvalue weighted by Crippen LogP contribution is -2.44. The Labute approximate surface area is 144 Å². The highest BCUT2D eigenvalue weighted by Crippen LogP contribution is 2.38. The van der Waals surface area contributed by atoms with Crippen LogP contribution in [0.15, 0.2) is 34.8 Å². The molecular formula is C16H21BrClNOS. The number of nitrogens with zero attached hydrogens (tertiary/aromatic N) is 1. The van der Waals surface area contributed by atoms with Crippen molar-refractivity contribution < 1.29 is 4.55 Å². The zero-order chi connectivity index (χ0) is 15.6. The van der Waals surface area contributed by atoms with E-state index in [0.29, 0.717) is 11.6 Å². The summed E-state index contributed by atoms with van der Waals surface area (Å²) in [6, 6.07) is 5.92. The Balaban J connectivity index is 2.39. The van der Waals surface area contributed by atoms with Crippen molar-refractivity contribution in [1.29, 1.82) is 0 Å². The van der Waals surface area contributed by atoms with Gasteiger partial charge >= 0.3 is 0 Å². The molecule has 1 aromatic rings. The Morgan fingerprint density at radius 2 is 2.05 bits per heavy atom. The molecule has 1 heterocycles. The van der Waals surface area contributed by atoms with Crippen molar-refractivity contribution in [2.45, 2.75) is 44.4 Å². The van der Waals surface area contributed by atoms with Crippen LogP contribution in [0.2, 0.25) is 5.02 Å². The number of hydrogen-bond donors (Lipinski definition) is 0. The lowest BCUT2D eigenvalue weighted by atomic mass is 10.0. The fourth-order valence-corrected chi connectivity index (χ4v) is 4.50. The highest BCUT2D eigenvalue weighted by Gasteiger charge is 2.38. The van der Waals surface area contributed by atoms with Crippen molar-refractivity contribution in [2.24, 2.45) is 0 Å². The minimum absolute atomic E-state index is 0.105. The lowest BCUT2D eigenvalue weighted by molar-refractivity contribution is 0.329. The van der Waals surface area contributed by atoms with E-state index in [4.69, 9.17) is 11.6 Å². The molecule has 0 radical (unpaired) electrons. The molecule has 2 atom stereocenters. The van der Waals surface area contributed by atoms with Crippen molar-refractivity contribution in [3.63, 3.8) is 0 Å². The summed E-state index contributed by atoms with van der Waals surface area (Å²) in [7, 11) is 0. The van der Waals surface area contributed by atoms with E-state index < -0.39 is 11.4 Å². The van der Waals surface area contributed by atoms with Crippen LogP contribution in [0.1, 0.15) is 45.2 Å². The SMILES string of the molecule is CC(C)(C)[S@+]([O-])N1CC=CCCC1c1cc(Cl)ccc1Br. The van der Waals surface area contributed by atoms with Crippen LogP contribution in [0, 0.1) is 0 Å². The third kappa shape index (κ3) is 4.26. The van der Waals surface area contributed by atoms with Crippen LogP contribution in [-0.4, -0.2) is 20.1 Å². The van der Waals surface area contributed by atoms with Crippen LogP contribution < -0.4 is 0 Å². The maximum atomic E-state index is 12.9. The van der Waals surface area contributed by atoms with Gasteiger partial charge in [-0.2, -0.15) is 0 Å². The zero-order valence-corrected chi connectivity index (χ0v) is 15.8. The summed E-state index contributed by atoms with van der Waals surface area (Å²) in [5.74, 6) is 0. The quantitative estimate of drug-likeness (QED) is 0.508. The molecule has 1 aromatic carbocycles. The Hall–Kier alpha value is -0.0000000000000000555. The number of benzene rings is 1. The van der Waals surface area contributed by atoms with Crippen molar-refractivity contribution in [3.8, 4) is 0 Å². The normalized spacial score (nSPS) is 22.1. The van der Waals surface area contributed by atoms with Crippen molar-refractivity contribution in [2.75, 3.05) is 6.54 Å². The van der Waals surface area contributed by atoms with Gasteiger partial charge in [-0.3, -0.25) is 0 Å². The first-order valence-corrected chi connectivity index (χ1v) is 9.37. The van der Waals surface area contributed by atoms with E-state index in [1.165, 1.54) is 0 Å². The Kier molecular flexibility index (Phi) is 5.83. The maximum absolute atomic E-state index is 12.9. The highest BCUT2D eigenvalue weighted by molar-refractivity contribution is 9.10. The summed E-state index contributed by atoms with van der Waals surface area (Å²) in [4.78, 5) is 0. The summed E-state index contributed by atoms with van der Waals surface area (Å²) in [5, 5.41) is 0.715. The van der Waals surface area contributed by atoms with Crippen molar-refractivity contribution in [3.05, 3.63) is 45.4 Å². The van der Waals surface area contributed by atoms with Gasteiger partial charge in [-0.15, -0.1) is 4.31 Å². The average molecular weight is 391 g/mol. The number of allylic oxidation sites excluding steroid dienone is 1. The predicted molar refractivity (Wildman–Crippen MR) is 94.9 cm³/mol. The molecule has 0 saturated heterocycles. The molecule has 2 rings (SSSR count). The van der Waals surface area contributed by atoms with Gasteiger partial charge in [-0.05, 0) is 57.4 Å². The van der Waals surface area contributed by atoms with E-state index in [0.717, 1.165) is 22.9 Å². The van der Waals surface area contributed by atoms with Gasteiger partial charge in [0.15, 0.2) is 0 Å². The molecule has 0 aliphatic carbocycles. The molecule has 0 bridgehead atoms. The third-order valence-corrected chi connectivity index (χ3v) is 6.29. The van der Waals surface area contributed by atoms with Gasteiger partial charge in [0.25, 0.3) is 0 Å². The van der Waals surface area contributed by atoms with Crippen LogP contribution in [-0.2, 0) is 11.4 Å². The molecule has 1 aliphatic rings. The smallest absolute Gasteiger partial charge is 0.137 e. The summed E-state index contributed by atoms with van der Waals surface area (Å²) in [5.41, 5.74) is 1.11. The standard InChI is InChI=1S/C16H21BrClNOS/c1-16(2,3)21(20)19-10-6-4-5-7-15(19)13-11-12(18)8-9-14(13)17/h4,6,8-9,11,15H,5,7,10H2,1-3H3/t15?,21-/m0/s1. The predicted octanol–water partition coefficient (Wildman–Crippen LogP) is 5.26.